The van der Waals surface area contributed by atoms with Crippen molar-refractivity contribution in [3.8, 4) is 0 Å². The molecule has 0 radical (unpaired) electrons. The second-order valence-electron chi connectivity index (χ2n) is 1.82. The predicted molar refractivity (Wildman–Crippen MR) is 35.4 cm³/mol. The van der Waals surface area contributed by atoms with Crippen LogP contribution in [0.2, 0.25) is 0 Å². The minimum atomic E-state index is -1.68. The van der Waals surface area contributed by atoms with Crippen molar-refractivity contribution < 1.29 is 48.4 Å². The molecule has 0 aromatic rings. The summed E-state index contributed by atoms with van der Waals surface area (Å²) in [6.07, 6.45) is -2.15. The number of carbonyl (C=O) groups excluding carboxylic acids is 2. The fourth-order valence-corrected chi connectivity index (χ4v) is 0.455. The van der Waals surface area contributed by atoms with Crippen molar-refractivity contribution in [2.75, 3.05) is 7.11 Å². The molecule has 70 valence electrons. The van der Waals surface area contributed by atoms with E-state index >= 15 is 0 Å². The molecule has 1 N–H and O–H groups in total. The molecule has 0 saturated carbocycles. The van der Waals surface area contributed by atoms with Crippen LogP contribution in [0.15, 0.2) is 0 Å². The second-order valence-corrected chi connectivity index (χ2v) is 1.82. The molecule has 0 fully saturated rings. The SMILES string of the molecule is COC(=O)CCC(=O)OC(=O)O.[Zn]. The minimum Gasteiger partial charge on any atom is -0.469 e. The topological polar surface area (TPSA) is 89.9 Å². The molecule has 0 aliphatic rings. The van der Waals surface area contributed by atoms with Crippen LogP contribution in [-0.2, 0) is 38.5 Å². The summed E-state index contributed by atoms with van der Waals surface area (Å²) >= 11 is 0. The quantitative estimate of drug-likeness (QED) is 0.430. The molecule has 0 heterocycles. The summed E-state index contributed by atoms with van der Waals surface area (Å²) in [4.78, 5) is 30.7. The van der Waals surface area contributed by atoms with E-state index in [0.717, 1.165) is 0 Å². The molecule has 0 rings (SSSR count). The Morgan fingerprint density at radius 3 is 2.00 bits per heavy atom. The van der Waals surface area contributed by atoms with Crippen LogP contribution in [0, 0.1) is 0 Å². The zero-order valence-electron chi connectivity index (χ0n) is 7.11. The van der Waals surface area contributed by atoms with Gasteiger partial charge in [-0.2, -0.15) is 0 Å². The Kier molecular flexibility index (Phi) is 8.59. The summed E-state index contributed by atoms with van der Waals surface area (Å²) in [6, 6.07) is 0. The third kappa shape index (κ3) is 8.94. The maximum absolute atomic E-state index is 10.5. The smallest absolute Gasteiger partial charge is 0.469 e. The average Bonchev–Trinajstić information content (AvgIpc) is 1.99. The molecule has 7 heteroatoms. The number of carboxylic acid groups (broad SMARTS) is 1. The van der Waals surface area contributed by atoms with E-state index in [1.807, 2.05) is 0 Å². The van der Waals surface area contributed by atoms with Gasteiger partial charge in [0, 0.05) is 19.5 Å². The van der Waals surface area contributed by atoms with Gasteiger partial charge in [0.2, 0.25) is 0 Å². The molecule has 13 heavy (non-hydrogen) atoms. The van der Waals surface area contributed by atoms with Gasteiger partial charge in [-0.3, -0.25) is 9.59 Å². The van der Waals surface area contributed by atoms with E-state index in [2.05, 4.69) is 9.47 Å². The van der Waals surface area contributed by atoms with Crippen LogP contribution in [-0.4, -0.2) is 30.3 Å². The van der Waals surface area contributed by atoms with Crippen molar-refractivity contribution in [1.82, 2.24) is 0 Å². The van der Waals surface area contributed by atoms with E-state index in [1.165, 1.54) is 7.11 Å². The molecule has 0 bridgehead atoms. The fourth-order valence-electron chi connectivity index (χ4n) is 0.455. The van der Waals surface area contributed by atoms with Gasteiger partial charge in [-0.15, -0.1) is 0 Å². The summed E-state index contributed by atoms with van der Waals surface area (Å²) in [5, 5.41) is 7.95. The summed E-state index contributed by atoms with van der Waals surface area (Å²) in [6.45, 7) is 0. The first-order valence-corrected chi connectivity index (χ1v) is 3.06. The largest absolute Gasteiger partial charge is 0.513 e. The van der Waals surface area contributed by atoms with Gasteiger partial charge in [-0.05, 0) is 0 Å². The van der Waals surface area contributed by atoms with E-state index in [-0.39, 0.29) is 32.3 Å². The monoisotopic (exact) mass is 240 g/mol. The first-order chi connectivity index (χ1) is 5.56. The van der Waals surface area contributed by atoms with Crippen LogP contribution in [0.5, 0.6) is 0 Å². The Morgan fingerprint density at radius 1 is 1.15 bits per heavy atom. The van der Waals surface area contributed by atoms with Gasteiger partial charge < -0.3 is 14.6 Å². The second kappa shape index (κ2) is 7.67. The molecule has 0 aliphatic heterocycles. The number of ether oxygens (including phenoxy) is 2. The molecule has 0 unspecified atom stereocenters. The summed E-state index contributed by atoms with van der Waals surface area (Å²) in [5.74, 6) is -1.55. The predicted octanol–water partition coefficient (Wildman–Crippen LogP) is 0.158. The van der Waals surface area contributed by atoms with E-state index in [0.29, 0.717) is 0 Å². The number of rotatable bonds is 3. The fraction of sp³-hybridized carbons (Fsp3) is 0.500. The average molecular weight is 242 g/mol. The Bertz CT molecular complexity index is 201. The molecule has 6 nitrogen and oxygen atoms in total. The van der Waals surface area contributed by atoms with Crippen LogP contribution >= 0.6 is 0 Å². The third-order valence-electron chi connectivity index (χ3n) is 0.962. The van der Waals surface area contributed by atoms with E-state index in [1.54, 1.807) is 0 Å². The molecular formula is C6H8O6Zn. The van der Waals surface area contributed by atoms with Gasteiger partial charge in [0.25, 0.3) is 0 Å². The maximum Gasteiger partial charge on any atom is 0.513 e. The van der Waals surface area contributed by atoms with Crippen LogP contribution in [0.3, 0.4) is 0 Å². The molecule has 0 spiro atoms. The Morgan fingerprint density at radius 2 is 1.62 bits per heavy atom. The number of esters is 2. The van der Waals surface area contributed by atoms with Crippen molar-refractivity contribution in [1.29, 1.82) is 0 Å². The molecule has 0 aromatic heterocycles. The van der Waals surface area contributed by atoms with Crippen LogP contribution in [0.4, 0.5) is 4.79 Å². The van der Waals surface area contributed by atoms with Crippen molar-refractivity contribution in [3.63, 3.8) is 0 Å². The Balaban J connectivity index is 0. The third-order valence-corrected chi connectivity index (χ3v) is 0.962. The Labute approximate surface area is 87.0 Å². The normalized spacial score (nSPS) is 8.08. The van der Waals surface area contributed by atoms with E-state index in [4.69, 9.17) is 5.11 Å². The van der Waals surface area contributed by atoms with Crippen LogP contribution < -0.4 is 0 Å². The van der Waals surface area contributed by atoms with Gasteiger partial charge >= 0.3 is 18.1 Å². The molecule has 0 atom stereocenters. The zero-order chi connectivity index (χ0) is 9.56. The van der Waals surface area contributed by atoms with Gasteiger partial charge in [0.05, 0.1) is 20.0 Å². The molecular weight excluding hydrogens is 233 g/mol. The van der Waals surface area contributed by atoms with E-state index < -0.39 is 18.1 Å². The maximum atomic E-state index is 10.5. The zero-order valence-corrected chi connectivity index (χ0v) is 10.1. The summed E-state index contributed by atoms with van der Waals surface area (Å²) < 4.78 is 7.93. The van der Waals surface area contributed by atoms with Gasteiger partial charge in [0.15, 0.2) is 0 Å². The summed E-state index contributed by atoms with van der Waals surface area (Å²) in [7, 11) is 1.17. The standard InChI is InChI=1S/C6H8O6.Zn/c1-11-4(7)2-3-5(8)12-6(9)10;/h2-3H2,1H3,(H,9,10);. The van der Waals surface area contributed by atoms with E-state index in [9.17, 15) is 14.4 Å². The number of hydrogen-bond acceptors (Lipinski definition) is 5. The van der Waals surface area contributed by atoms with Gasteiger partial charge in [0.1, 0.15) is 0 Å². The van der Waals surface area contributed by atoms with Crippen molar-refractivity contribution in [2.45, 2.75) is 12.8 Å². The Hall–Kier alpha value is -0.967. The van der Waals surface area contributed by atoms with Gasteiger partial charge in [-0.25, -0.2) is 4.79 Å². The number of carbonyl (C=O) groups is 3. The number of methoxy groups -OCH3 is 1. The molecule has 0 saturated heterocycles. The summed E-state index contributed by atoms with van der Waals surface area (Å²) in [5.41, 5.74) is 0. The molecule has 0 aromatic carbocycles. The van der Waals surface area contributed by atoms with Crippen LogP contribution in [0.25, 0.3) is 0 Å². The van der Waals surface area contributed by atoms with Crippen LogP contribution in [0.1, 0.15) is 12.8 Å². The number of hydrogen-bond donors (Lipinski definition) is 1. The first-order valence-electron chi connectivity index (χ1n) is 3.06. The van der Waals surface area contributed by atoms with Gasteiger partial charge in [-0.1, -0.05) is 0 Å². The molecule has 0 aliphatic carbocycles. The first kappa shape index (κ1) is 14.6. The van der Waals surface area contributed by atoms with Crippen molar-refractivity contribution in [2.24, 2.45) is 0 Å². The van der Waals surface area contributed by atoms with Crippen molar-refractivity contribution in [3.05, 3.63) is 0 Å². The molecule has 0 amide bonds. The minimum absolute atomic E-state index is 0. The van der Waals surface area contributed by atoms with Crippen molar-refractivity contribution >= 4 is 18.1 Å².